The van der Waals surface area contributed by atoms with E-state index < -0.39 is 11.9 Å². The molecule has 0 fully saturated rings. The Morgan fingerprint density at radius 3 is 2.32 bits per heavy atom. The third-order valence-electron chi connectivity index (χ3n) is 5.12. The number of pyridine rings is 1. The van der Waals surface area contributed by atoms with Gasteiger partial charge in [-0.2, -0.15) is 0 Å². The van der Waals surface area contributed by atoms with Crippen LogP contribution < -0.4 is 5.32 Å². The number of nitrogens with zero attached hydrogens (tertiary/aromatic N) is 1. The molecule has 0 spiro atoms. The molecule has 34 heavy (non-hydrogen) atoms. The molecule has 0 saturated heterocycles. The molecule has 0 aliphatic heterocycles. The number of ether oxygens (including phenoxy) is 2. The quantitative estimate of drug-likeness (QED) is 0.317. The predicted octanol–water partition coefficient (Wildman–Crippen LogP) is 5.61. The van der Waals surface area contributed by atoms with E-state index in [4.69, 9.17) is 14.5 Å². The molecular weight excluding hydrogens is 472 g/mol. The molecule has 0 radical (unpaired) electrons. The van der Waals surface area contributed by atoms with Gasteiger partial charge >= 0.3 is 11.9 Å². The van der Waals surface area contributed by atoms with Crippen molar-refractivity contribution >= 4 is 56.8 Å². The van der Waals surface area contributed by atoms with E-state index in [0.29, 0.717) is 5.56 Å². The van der Waals surface area contributed by atoms with Gasteiger partial charge in [-0.05, 0) is 70.4 Å². The molecule has 180 valence electrons. The Hall–Kier alpha value is -2.91. The van der Waals surface area contributed by atoms with E-state index in [1.165, 1.54) is 17.3 Å². The first-order chi connectivity index (χ1) is 16.2. The predicted molar refractivity (Wildman–Crippen MR) is 136 cm³/mol. The number of aryl methyl sites for hydroxylation is 3. The van der Waals surface area contributed by atoms with Gasteiger partial charge < -0.3 is 14.8 Å². The number of rotatable bonds is 8. The average molecular weight is 501 g/mol. The van der Waals surface area contributed by atoms with Crippen LogP contribution in [0.1, 0.15) is 56.1 Å². The van der Waals surface area contributed by atoms with E-state index in [-0.39, 0.29) is 40.3 Å². The molecule has 3 aromatic rings. The van der Waals surface area contributed by atoms with Crippen molar-refractivity contribution in [2.45, 2.75) is 46.6 Å². The van der Waals surface area contributed by atoms with Gasteiger partial charge in [0.05, 0.1) is 35.1 Å². The van der Waals surface area contributed by atoms with Crippen LogP contribution in [0.4, 0.5) is 5.00 Å². The fourth-order valence-corrected chi connectivity index (χ4v) is 5.50. The Labute approximate surface area is 207 Å². The van der Waals surface area contributed by atoms with Crippen LogP contribution in [0, 0.1) is 27.7 Å². The zero-order valence-electron chi connectivity index (χ0n) is 20.2. The minimum absolute atomic E-state index is 0.0941. The van der Waals surface area contributed by atoms with Gasteiger partial charge in [0.1, 0.15) is 9.88 Å². The standard InChI is InChI=1S/C25H28N2O5S2/c1-7-31-24(29)20-16(6)22(25(30)32-8-2)34-23(20)26-18(28)12-33-19-11-14(4)17-10-13(3)9-15(5)21(17)27-19/h9-11H,7-8,12H2,1-6H3,(H,26,28). The lowest BCUT2D eigenvalue weighted by molar-refractivity contribution is -0.113. The number of hydrogen-bond donors (Lipinski definition) is 1. The SMILES string of the molecule is CCOC(=O)c1sc(NC(=O)CSc2cc(C)c3cc(C)cc(C)c3n2)c(C(=O)OCC)c1C. The van der Waals surface area contributed by atoms with Crippen LogP contribution in [0.25, 0.3) is 10.9 Å². The molecule has 0 aliphatic rings. The number of thiophene rings is 1. The lowest BCUT2D eigenvalue weighted by Gasteiger charge is -2.10. The number of esters is 2. The number of carbonyl (C=O) groups excluding carboxylic acids is 3. The third-order valence-corrected chi connectivity index (χ3v) is 7.22. The van der Waals surface area contributed by atoms with Gasteiger partial charge in [-0.15, -0.1) is 11.3 Å². The van der Waals surface area contributed by atoms with E-state index in [1.807, 2.05) is 19.9 Å². The molecule has 2 heterocycles. The van der Waals surface area contributed by atoms with Crippen molar-refractivity contribution in [3.63, 3.8) is 0 Å². The number of aromatic nitrogens is 1. The van der Waals surface area contributed by atoms with E-state index in [2.05, 4.69) is 24.4 Å². The van der Waals surface area contributed by atoms with Crippen LogP contribution >= 0.6 is 23.1 Å². The Bertz CT molecular complexity index is 1270. The molecular formula is C25H28N2O5S2. The summed E-state index contributed by atoms with van der Waals surface area (Å²) in [5, 5.41) is 4.89. The number of amides is 1. The van der Waals surface area contributed by atoms with Crippen LogP contribution in [0.15, 0.2) is 23.2 Å². The minimum atomic E-state index is -0.590. The number of hydrogen-bond acceptors (Lipinski definition) is 8. The second kappa shape index (κ2) is 11.0. The average Bonchev–Trinajstić information content (AvgIpc) is 3.09. The zero-order chi connectivity index (χ0) is 25.0. The summed E-state index contributed by atoms with van der Waals surface area (Å²) >= 11 is 2.33. The summed E-state index contributed by atoms with van der Waals surface area (Å²) in [4.78, 5) is 42.6. The summed E-state index contributed by atoms with van der Waals surface area (Å²) in [5.41, 5.74) is 4.90. The molecule has 9 heteroatoms. The molecule has 0 unspecified atom stereocenters. The van der Waals surface area contributed by atoms with Crippen LogP contribution in [0.5, 0.6) is 0 Å². The molecule has 2 aromatic heterocycles. The molecule has 7 nitrogen and oxygen atoms in total. The van der Waals surface area contributed by atoms with Gasteiger partial charge in [0, 0.05) is 5.39 Å². The first kappa shape index (κ1) is 25.7. The number of benzene rings is 1. The molecule has 1 aromatic carbocycles. The number of thioether (sulfide) groups is 1. The van der Waals surface area contributed by atoms with Crippen LogP contribution in [0.3, 0.4) is 0 Å². The second-order valence-electron chi connectivity index (χ2n) is 7.79. The smallest absolute Gasteiger partial charge is 0.348 e. The van der Waals surface area contributed by atoms with E-state index in [1.54, 1.807) is 20.8 Å². The van der Waals surface area contributed by atoms with Crippen molar-refractivity contribution in [1.29, 1.82) is 0 Å². The Kier molecular flexibility index (Phi) is 8.33. The largest absolute Gasteiger partial charge is 0.462 e. The minimum Gasteiger partial charge on any atom is -0.462 e. The van der Waals surface area contributed by atoms with E-state index >= 15 is 0 Å². The Balaban J connectivity index is 1.81. The number of carbonyl (C=O) groups is 3. The first-order valence-corrected chi connectivity index (χ1v) is 12.7. The number of anilines is 1. The normalized spacial score (nSPS) is 10.9. The van der Waals surface area contributed by atoms with Crippen molar-refractivity contribution in [2.24, 2.45) is 0 Å². The molecule has 0 aliphatic carbocycles. The van der Waals surface area contributed by atoms with Gasteiger partial charge in [0.25, 0.3) is 0 Å². The highest BCUT2D eigenvalue weighted by molar-refractivity contribution is 7.99. The summed E-state index contributed by atoms with van der Waals surface area (Å²) in [5.74, 6) is -1.34. The summed E-state index contributed by atoms with van der Waals surface area (Å²) in [6.45, 7) is 11.6. The Morgan fingerprint density at radius 2 is 1.65 bits per heavy atom. The van der Waals surface area contributed by atoms with Gasteiger partial charge in [-0.3, -0.25) is 4.79 Å². The Morgan fingerprint density at radius 1 is 0.971 bits per heavy atom. The summed E-state index contributed by atoms with van der Waals surface area (Å²) < 4.78 is 10.2. The summed E-state index contributed by atoms with van der Waals surface area (Å²) in [6, 6.07) is 6.17. The number of nitrogens with one attached hydrogen (secondary N) is 1. The topological polar surface area (TPSA) is 94.6 Å². The monoisotopic (exact) mass is 500 g/mol. The fourth-order valence-electron chi connectivity index (χ4n) is 3.63. The maximum atomic E-state index is 12.8. The highest BCUT2D eigenvalue weighted by Crippen LogP contribution is 2.35. The summed E-state index contributed by atoms with van der Waals surface area (Å²) in [6.07, 6.45) is 0. The number of fused-ring (bicyclic) bond motifs is 1. The third kappa shape index (κ3) is 5.59. The molecule has 1 amide bonds. The summed E-state index contributed by atoms with van der Waals surface area (Å²) in [7, 11) is 0. The maximum absolute atomic E-state index is 12.8. The van der Waals surface area contributed by atoms with Crippen molar-refractivity contribution in [2.75, 3.05) is 24.3 Å². The van der Waals surface area contributed by atoms with Gasteiger partial charge in [0.2, 0.25) is 5.91 Å². The second-order valence-corrected chi connectivity index (χ2v) is 9.81. The van der Waals surface area contributed by atoms with Crippen molar-refractivity contribution in [3.8, 4) is 0 Å². The van der Waals surface area contributed by atoms with Gasteiger partial charge in [-0.1, -0.05) is 23.4 Å². The van der Waals surface area contributed by atoms with E-state index in [9.17, 15) is 14.4 Å². The van der Waals surface area contributed by atoms with Crippen LogP contribution in [-0.4, -0.2) is 41.8 Å². The van der Waals surface area contributed by atoms with Crippen molar-refractivity contribution < 1.29 is 23.9 Å². The maximum Gasteiger partial charge on any atom is 0.348 e. The molecule has 3 rings (SSSR count). The molecule has 1 N–H and O–H groups in total. The zero-order valence-corrected chi connectivity index (χ0v) is 21.8. The molecule has 0 saturated carbocycles. The van der Waals surface area contributed by atoms with Crippen LogP contribution in [-0.2, 0) is 14.3 Å². The first-order valence-electron chi connectivity index (χ1n) is 10.9. The van der Waals surface area contributed by atoms with Gasteiger partial charge in [-0.25, -0.2) is 14.6 Å². The fraction of sp³-hybridized carbons (Fsp3) is 0.360. The lowest BCUT2D eigenvalue weighted by atomic mass is 10.0. The van der Waals surface area contributed by atoms with Crippen molar-refractivity contribution in [3.05, 3.63) is 50.9 Å². The molecule has 0 atom stereocenters. The highest BCUT2D eigenvalue weighted by atomic mass is 32.2. The van der Waals surface area contributed by atoms with Crippen molar-refractivity contribution in [1.82, 2.24) is 4.98 Å². The van der Waals surface area contributed by atoms with E-state index in [0.717, 1.165) is 38.4 Å². The lowest BCUT2D eigenvalue weighted by Crippen LogP contribution is -2.16. The van der Waals surface area contributed by atoms with Gasteiger partial charge in [0.15, 0.2) is 0 Å². The van der Waals surface area contributed by atoms with Crippen LogP contribution in [0.2, 0.25) is 0 Å². The highest BCUT2D eigenvalue weighted by Gasteiger charge is 2.27. The molecule has 0 bridgehead atoms.